The van der Waals surface area contributed by atoms with Crippen LogP contribution in [0.3, 0.4) is 0 Å². The molecule has 0 aliphatic carbocycles. The van der Waals surface area contributed by atoms with Crippen LogP contribution in [0.1, 0.15) is 16.8 Å². The molecule has 5 heteroatoms. The molecule has 0 unspecified atom stereocenters. The van der Waals surface area contributed by atoms with Crippen LogP contribution in [0.15, 0.2) is 30.3 Å². The lowest BCUT2D eigenvalue weighted by atomic mass is 10.1. The number of carboxylic acids is 1. The maximum absolute atomic E-state index is 10.8. The van der Waals surface area contributed by atoms with E-state index in [-0.39, 0.29) is 5.75 Å². The minimum absolute atomic E-state index is 0.190. The third kappa shape index (κ3) is 3.00. The molecule has 0 fully saturated rings. The van der Waals surface area contributed by atoms with E-state index in [1.54, 1.807) is 31.2 Å². The monoisotopic (exact) mass is 275 g/mol. The first kappa shape index (κ1) is 13.3. The molecule has 0 spiro atoms. The summed E-state index contributed by atoms with van der Waals surface area (Å²) in [5.41, 5.74) is 2.27. The van der Waals surface area contributed by atoms with Crippen LogP contribution >= 0.6 is 11.3 Å². The number of thiazole rings is 1. The standard InChI is InChI=1S/C14H13NO3S/c1-8(7-12(17)18)14-13(15-9(2)19-14)10-3-5-11(16)6-4-10/h3-7,16H,1-2H3,(H,17,18)/b8-7+. The van der Waals surface area contributed by atoms with Crippen LogP contribution in [0.25, 0.3) is 16.8 Å². The van der Waals surface area contributed by atoms with Crippen molar-refractivity contribution in [3.63, 3.8) is 0 Å². The molecule has 2 aromatic rings. The highest BCUT2D eigenvalue weighted by molar-refractivity contribution is 7.13. The maximum atomic E-state index is 10.8. The summed E-state index contributed by atoms with van der Waals surface area (Å²) >= 11 is 1.46. The van der Waals surface area contributed by atoms with Crippen molar-refractivity contribution in [3.8, 4) is 17.0 Å². The number of aliphatic carboxylic acids is 1. The van der Waals surface area contributed by atoms with Crippen LogP contribution in [0.2, 0.25) is 0 Å². The Morgan fingerprint density at radius 3 is 2.53 bits per heavy atom. The second kappa shape index (κ2) is 5.24. The van der Waals surface area contributed by atoms with E-state index in [0.717, 1.165) is 21.1 Å². The Hall–Kier alpha value is -2.14. The Morgan fingerprint density at radius 2 is 1.95 bits per heavy atom. The number of phenolic OH excluding ortho intramolecular Hbond substituents is 1. The highest BCUT2D eigenvalue weighted by Crippen LogP contribution is 2.33. The highest BCUT2D eigenvalue weighted by atomic mass is 32.1. The molecular formula is C14H13NO3S. The van der Waals surface area contributed by atoms with Crippen LogP contribution in [-0.4, -0.2) is 21.2 Å². The number of benzene rings is 1. The normalized spacial score (nSPS) is 11.6. The van der Waals surface area contributed by atoms with Gasteiger partial charge in [-0.3, -0.25) is 0 Å². The second-order valence-electron chi connectivity index (χ2n) is 4.12. The first-order chi connectivity index (χ1) is 8.97. The van der Waals surface area contributed by atoms with Gasteiger partial charge in [-0.1, -0.05) is 0 Å². The zero-order valence-corrected chi connectivity index (χ0v) is 11.4. The second-order valence-corrected chi connectivity index (χ2v) is 5.33. The summed E-state index contributed by atoms with van der Waals surface area (Å²) in [5.74, 6) is -0.782. The van der Waals surface area contributed by atoms with Crippen molar-refractivity contribution < 1.29 is 15.0 Å². The van der Waals surface area contributed by atoms with Gasteiger partial charge in [-0.05, 0) is 43.7 Å². The van der Waals surface area contributed by atoms with E-state index in [4.69, 9.17) is 5.11 Å². The maximum Gasteiger partial charge on any atom is 0.328 e. The highest BCUT2D eigenvalue weighted by Gasteiger charge is 2.13. The summed E-state index contributed by atoms with van der Waals surface area (Å²) in [6.07, 6.45) is 1.18. The van der Waals surface area contributed by atoms with Crippen LogP contribution in [-0.2, 0) is 4.79 Å². The van der Waals surface area contributed by atoms with Gasteiger partial charge in [-0.2, -0.15) is 0 Å². The zero-order valence-electron chi connectivity index (χ0n) is 10.5. The van der Waals surface area contributed by atoms with Crippen molar-refractivity contribution in [1.82, 2.24) is 4.98 Å². The molecule has 0 bridgehead atoms. The molecule has 0 saturated heterocycles. The average Bonchev–Trinajstić information content (AvgIpc) is 2.71. The van der Waals surface area contributed by atoms with Crippen LogP contribution in [0, 0.1) is 6.92 Å². The molecule has 0 saturated carbocycles. The molecule has 0 aliphatic rings. The number of rotatable bonds is 3. The molecule has 2 N–H and O–H groups in total. The molecular weight excluding hydrogens is 262 g/mol. The Morgan fingerprint density at radius 1 is 1.32 bits per heavy atom. The molecule has 1 aromatic heterocycles. The summed E-state index contributed by atoms with van der Waals surface area (Å²) in [4.78, 5) is 16.0. The van der Waals surface area contributed by atoms with Gasteiger partial charge in [0.2, 0.25) is 0 Å². The smallest absolute Gasteiger partial charge is 0.328 e. The van der Waals surface area contributed by atoms with Crippen molar-refractivity contribution >= 4 is 22.9 Å². The number of aromatic nitrogens is 1. The molecule has 2 rings (SSSR count). The number of phenols is 1. The first-order valence-electron chi connectivity index (χ1n) is 5.66. The van der Waals surface area contributed by atoms with Gasteiger partial charge in [-0.25, -0.2) is 9.78 Å². The van der Waals surface area contributed by atoms with Crippen molar-refractivity contribution in [1.29, 1.82) is 0 Å². The van der Waals surface area contributed by atoms with E-state index in [1.807, 2.05) is 6.92 Å². The van der Waals surface area contributed by atoms with Crippen LogP contribution in [0.5, 0.6) is 5.75 Å². The lowest BCUT2D eigenvalue weighted by Gasteiger charge is -2.02. The van der Waals surface area contributed by atoms with Gasteiger partial charge >= 0.3 is 5.97 Å². The third-order valence-corrected chi connectivity index (χ3v) is 3.68. The summed E-state index contributed by atoms with van der Waals surface area (Å²) in [5, 5.41) is 19.0. The number of hydrogen-bond acceptors (Lipinski definition) is 4. The predicted octanol–water partition coefficient (Wildman–Crippen LogP) is 3.31. The van der Waals surface area contributed by atoms with Gasteiger partial charge in [-0.15, -0.1) is 11.3 Å². The number of nitrogens with zero attached hydrogens (tertiary/aromatic N) is 1. The summed E-state index contributed by atoms with van der Waals surface area (Å²) in [7, 11) is 0. The summed E-state index contributed by atoms with van der Waals surface area (Å²) in [6.45, 7) is 3.64. The van der Waals surface area contributed by atoms with Crippen molar-refractivity contribution in [2.45, 2.75) is 13.8 Å². The predicted molar refractivity (Wildman–Crippen MR) is 75.2 cm³/mol. The minimum Gasteiger partial charge on any atom is -0.508 e. The number of carboxylic acid groups (broad SMARTS) is 1. The fourth-order valence-corrected chi connectivity index (χ4v) is 2.67. The van der Waals surface area contributed by atoms with Crippen molar-refractivity contribution in [3.05, 3.63) is 40.2 Å². The lowest BCUT2D eigenvalue weighted by molar-refractivity contribution is -0.131. The topological polar surface area (TPSA) is 70.4 Å². The number of hydrogen-bond donors (Lipinski definition) is 2. The third-order valence-electron chi connectivity index (χ3n) is 2.57. The largest absolute Gasteiger partial charge is 0.508 e. The molecule has 0 radical (unpaired) electrons. The molecule has 1 heterocycles. The molecule has 0 amide bonds. The van der Waals surface area contributed by atoms with E-state index in [0.29, 0.717) is 5.57 Å². The SMILES string of the molecule is C/C(=C\C(=O)O)c1sc(C)nc1-c1ccc(O)cc1. The van der Waals surface area contributed by atoms with Gasteiger partial charge in [0, 0.05) is 11.6 Å². The average molecular weight is 275 g/mol. The van der Waals surface area contributed by atoms with E-state index in [1.165, 1.54) is 17.4 Å². The van der Waals surface area contributed by atoms with Crippen LogP contribution < -0.4 is 0 Å². The Bertz CT molecular complexity index is 641. The fourth-order valence-electron chi connectivity index (χ4n) is 1.76. The molecule has 0 aliphatic heterocycles. The number of allylic oxidation sites excluding steroid dienone is 1. The van der Waals surface area contributed by atoms with E-state index in [2.05, 4.69) is 4.98 Å². The number of aryl methyl sites for hydroxylation is 1. The molecule has 19 heavy (non-hydrogen) atoms. The summed E-state index contributed by atoms with van der Waals surface area (Å²) in [6, 6.07) is 6.71. The molecule has 98 valence electrons. The fraction of sp³-hybridized carbons (Fsp3) is 0.143. The van der Waals surface area contributed by atoms with Crippen molar-refractivity contribution in [2.24, 2.45) is 0 Å². The number of carbonyl (C=O) groups is 1. The van der Waals surface area contributed by atoms with Gasteiger partial charge in [0.25, 0.3) is 0 Å². The summed E-state index contributed by atoms with van der Waals surface area (Å²) < 4.78 is 0. The first-order valence-corrected chi connectivity index (χ1v) is 6.47. The molecule has 1 aromatic carbocycles. The number of aromatic hydroxyl groups is 1. The Balaban J connectivity index is 2.52. The lowest BCUT2D eigenvalue weighted by Crippen LogP contribution is -1.90. The van der Waals surface area contributed by atoms with E-state index < -0.39 is 5.97 Å². The molecule has 0 atom stereocenters. The van der Waals surface area contributed by atoms with Gasteiger partial charge in [0.1, 0.15) is 5.75 Å². The Kier molecular flexibility index (Phi) is 3.66. The minimum atomic E-state index is -0.972. The molecule has 4 nitrogen and oxygen atoms in total. The van der Waals surface area contributed by atoms with Crippen LogP contribution in [0.4, 0.5) is 0 Å². The van der Waals surface area contributed by atoms with E-state index in [9.17, 15) is 9.90 Å². The van der Waals surface area contributed by atoms with Crippen molar-refractivity contribution in [2.75, 3.05) is 0 Å². The van der Waals surface area contributed by atoms with Gasteiger partial charge in [0.15, 0.2) is 0 Å². The van der Waals surface area contributed by atoms with Gasteiger partial charge < -0.3 is 10.2 Å². The van der Waals surface area contributed by atoms with E-state index >= 15 is 0 Å². The quantitative estimate of drug-likeness (QED) is 0.843. The Labute approximate surface area is 114 Å². The van der Waals surface area contributed by atoms with Gasteiger partial charge in [0.05, 0.1) is 15.6 Å². The zero-order chi connectivity index (χ0) is 14.0.